The third kappa shape index (κ3) is 2.44. The number of hydrogen-bond donors (Lipinski definition) is 0. The van der Waals surface area contributed by atoms with E-state index in [0.717, 1.165) is 9.99 Å². The molecule has 3 nitrogen and oxygen atoms in total. The summed E-state index contributed by atoms with van der Waals surface area (Å²) in [7, 11) is 0. The maximum absolute atomic E-state index is 12.2. The van der Waals surface area contributed by atoms with E-state index in [4.69, 9.17) is 23.2 Å². The van der Waals surface area contributed by atoms with E-state index < -0.39 is 0 Å². The van der Waals surface area contributed by atoms with Crippen molar-refractivity contribution in [3.63, 3.8) is 0 Å². The predicted molar refractivity (Wildman–Crippen MR) is 79.0 cm³/mol. The first-order chi connectivity index (χ1) is 8.04. The molecule has 6 heteroatoms. The van der Waals surface area contributed by atoms with E-state index in [9.17, 15) is 4.79 Å². The molecule has 90 valence electrons. The predicted octanol–water partition coefficient (Wildman–Crippen LogP) is 3.72. The average molecular weight is 383 g/mol. The summed E-state index contributed by atoms with van der Waals surface area (Å²) >= 11 is 14.2. The van der Waals surface area contributed by atoms with Gasteiger partial charge >= 0.3 is 0 Å². The van der Waals surface area contributed by atoms with Gasteiger partial charge in [0.05, 0.1) is 15.9 Å². The highest BCUT2D eigenvalue weighted by Gasteiger charge is 2.12. The van der Waals surface area contributed by atoms with Gasteiger partial charge in [0.2, 0.25) is 5.28 Å². The molecule has 0 unspecified atom stereocenters. The lowest BCUT2D eigenvalue weighted by atomic mass is 10.2. The second-order valence-corrected chi connectivity index (χ2v) is 5.61. The van der Waals surface area contributed by atoms with E-state index in [2.05, 4.69) is 27.6 Å². The highest BCUT2D eigenvalue weighted by molar-refractivity contribution is 14.1. The molecule has 0 amide bonds. The van der Waals surface area contributed by atoms with Crippen molar-refractivity contribution < 1.29 is 0 Å². The maximum Gasteiger partial charge on any atom is 0.262 e. The summed E-state index contributed by atoms with van der Waals surface area (Å²) in [6, 6.07) is 3.54. The average Bonchev–Trinajstić information content (AvgIpc) is 2.26. The Morgan fingerprint density at radius 2 is 2.12 bits per heavy atom. The molecule has 1 aromatic carbocycles. The van der Waals surface area contributed by atoms with E-state index in [0.29, 0.717) is 22.5 Å². The molecule has 0 saturated heterocycles. The Hall–Kier alpha value is -0.330. The number of hydrogen-bond acceptors (Lipinski definition) is 2. The quantitative estimate of drug-likeness (QED) is 0.586. The van der Waals surface area contributed by atoms with E-state index in [-0.39, 0.29) is 10.8 Å². The molecule has 0 spiro atoms. The molecule has 0 aliphatic rings. The van der Waals surface area contributed by atoms with Crippen molar-refractivity contribution in [2.75, 3.05) is 0 Å². The van der Waals surface area contributed by atoms with E-state index in [1.165, 1.54) is 4.57 Å². The number of fused-ring (bicyclic) bond motifs is 1. The molecular formula is C11H9Cl2IN2O. The SMILES string of the molecule is CCCn1c(Cl)nc2c(Cl)cc(I)cc2c1=O. The third-order valence-electron chi connectivity index (χ3n) is 2.38. The van der Waals surface area contributed by atoms with Crippen molar-refractivity contribution in [2.45, 2.75) is 19.9 Å². The number of halogens is 3. The second-order valence-electron chi connectivity index (χ2n) is 3.62. The van der Waals surface area contributed by atoms with Gasteiger partial charge in [0.1, 0.15) is 0 Å². The van der Waals surface area contributed by atoms with Gasteiger partial charge in [0.25, 0.3) is 5.56 Å². The van der Waals surface area contributed by atoms with Gasteiger partial charge in [-0.2, -0.15) is 0 Å². The van der Waals surface area contributed by atoms with Gasteiger partial charge in [-0.3, -0.25) is 9.36 Å². The first-order valence-corrected chi connectivity index (χ1v) is 6.93. The Morgan fingerprint density at radius 3 is 2.76 bits per heavy atom. The van der Waals surface area contributed by atoms with Crippen LogP contribution < -0.4 is 5.56 Å². The summed E-state index contributed by atoms with van der Waals surface area (Å²) in [4.78, 5) is 16.4. The molecule has 0 aliphatic heterocycles. The third-order valence-corrected chi connectivity index (χ3v) is 3.58. The Balaban J connectivity index is 2.87. The first-order valence-electron chi connectivity index (χ1n) is 5.09. The summed E-state index contributed by atoms with van der Waals surface area (Å²) in [5.41, 5.74) is 0.330. The van der Waals surface area contributed by atoms with Crippen LogP contribution >= 0.6 is 45.8 Å². The maximum atomic E-state index is 12.2. The minimum Gasteiger partial charge on any atom is -0.283 e. The van der Waals surface area contributed by atoms with E-state index in [1.807, 2.05) is 6.92 Å². The van der Waals surface area contributed by atoms with Crippen LogP contribution in [0.15, 0.2) is 16.9 Å². The van der Waals surface area contributed by atoms with E-state index in [1.54, 1.807) is 12.1 Å². The topological polar surface area (TPSA) is 34.9 Å². The molecule has 1 heterocycles. The Bertz CT molecular complexity index is 639. The highest BCUT2D eigenvalue weighted by atomic mass is 127. The van der Waals surface area contributed by atoms with Crippen molar-refractivity contribution in [3.05, 3.63) is 36.4 Å². The van der Waals surface area contributed by atoms with Crippen LogP contribution in [-0.2, 0) is 6.54 Å². The zero-order valence-electron chi connectivity index (χ0n) is 9.01. The van der Waals surface area contributed by atoms with Crippen LogP contribution in [0.25, 0.3) is 10.9 Å². The lowest BCUT2D eigenvalue weighted by molar-refractivity contribution is 0.649. The van der Waals surface area contributed by atoms with Gasteiger partial charge in [-0.15, -0.1) is 0 Å². The van der Waals surface area contributed by atoms with Gasteiger partial charge in [-0.1, -0.05) is 18.5 Å². The number of rotatable bonds is 2. The molecule has 0 radical (unpaired) electrons. The number of aromatic nitrogens is 2. The van der Waals surface area contributed by atoms with Crippen LogP contribution in [0.3, 0.4) is 0 Å². The van der Waals surface area contributed by atoms with Crippen LogP contribution in [0, 0.1) is 3.57 Å². The fraction of sp³-hybridized carbons (Fsp3) is 0.273. The molecule has 0 saturated carbocycles. The molecule has 2 aromatic rings. The van der Waals surface area contributed by atoms with Gasteiger partial charge in [-0.05, 0) is 52.7 Å². The van der Waals surface area contributed by atoms with Crippen LogP contribution in [-0.4, -0.2) is 9.55 Å². The second kappa shape index (κ2) is 5.12. The number of nitrogens with zero attached hydrogens (tertiary/aromatic N) is 2. The molecule has 0 bridgehead atoms. The summed E-state index contributed by atoms with van der Waals surface area (Å²) in [6.07, 6.45) is 0.824. The molecule has 2 rings (SSSR count). The molecule has 0 fully saturated rings. The van der Waals surface area contributed by atoms with Crippen LogP contribution in [0.4, 0.5) is 0 Å². The van der Waals surface area contributed by atoms with Crippen molar-refractivity contribution >= 4 is 56.7 Å². The minimum atomic E-state index is -0.137. The van der Waals surface area contributed by atoms with Gasteiger partial charge in [0.15, 0.2) is 0 Å². The standard InChI is InChI=1S/C11H9Cl2IN2O/c1-2-3-16-10(17)7-4-6(14)5-8(12)9(7)15-11(16)13/h4-5H,2-3H2,1H3. The summed E-state index contributed by atoms with van der Waals surface area (Å²) in [6.45, 7) is 2.54. The van der Waals surface area contributed by atoms with Crippen molar-refractivity contribution in [1.29, 1.82) is 0 Å². The fourth-order valence-corrected chi connectivity index (χ4v) is 2.96. The lowest BCUT2D eigenvalue weighted by Gasteiger charge is -2.08. The van der Waals surface area contributed by atoms with Crippen molar-refractivity contribution in [3.8, 4) is 0 Å². The summed E-state index contributed by atoms with van der Waals surface area (Å²) < 4.78 is 2.38. The molecule has 17 heavy (non-hydrogen) atoms. The zero-order valence-corrected chi connectivity index (χ0v) is 12.7. The first kappa shape index (κ1) is 13.1. The summed E-state index contributed by atoms with van der Waals surface area (Å²) in [5, 5.41) is 1.15. The smallest absolute Gasteiger partial charge is 0.262 e. The molecule has 0 aliphatic carbocycles. The van der Waals surface area contributed by atoms with Gasteiger partial charge < -0.3 is 0 Å². The minimum absolute atomic E-state index is 0.137. The number of benzene rings is 1. The van der Waals surface area contributed by atoms with Crippen LogP contribution in [0.5, 0.6) is 0 Å². The van der Waals surface area contributed by atoms with Gasteiger partial charge in [0, 0.05) is 10.1 Å². The van der Waals surface area contributed by atoms with Crippen LogP contribution in [0.1, 0.15) is 13.3 Å². The Kier molecular flexibility index (Phi) is 3.95. The molecule has 1 aromatic heterocycles. The van der Waals surface area contributed by atoms with Crippen molar-refractivity contribution in [2.24, 2.45) is 0 Å². The fourth-order valence-electron chi connectivity index (χ4n) is 1.64. The monoisotopic (exact) mass is 382 g/mol. The Labute approximate surface area is 122 Å². The Morgan fingerprint density at radius 1 is 1.41 bits per heavy atom. The highest BCUT2D eigenvalue weighted by Crippen LogP contribution is 2.24. The molecule has 0 N–H and O–H groups in total. The molecule has 0 atom stereocenters. The zero-order chi connectivity index (χ0) is 12.6. The van der Waals surface area contributed by atoms with Gasteiger partial charge in [-0.25, -0.2) is 4.98 Å². The van der Waals surface area contributed by atoms with Crippen LogP contribution in [0.2, 0.25) is 10.3 Å². The lowest BCUT2D eigenvalue weighted by Crippen LogP contribution is -2.22. The molecular weight excluding hydrogens is 374 g/mol. The largest absolute Gasteiger partial charge is 0.283 e. The van der Waals surface area contributed by atoms with Crippen molar-refractivity contribution in [1.82, 2.24) is 9.55 Å². The van der Waals surface area contributed by atoms with E-state index >= 15 is 0 Å². The normalized spacial score (nSPS) is 11.1. The summed E-state index contributed by atoms with van der Waals surface area (Å²) in [5.74, 6) is 0.